The fourth-order valence-electron chi connectivity index (χ4n) is 5.44. The van der Waals surface area contributed by atoms with E-state index in [1.54, 1.807) is 12.0 Å². The average molecular weight is 603 g/mol. The number of fused-ring (bicyclic) bond motifs is 1. The second-order valence-corrected chi connectivity index (χ2v) is 12.4. The van der Waals surface area contributed by atoms with Gasteiger partial charge in [0, 0.05) is 38.6 Å². The lowest BCUT2D eigenvalue weighted by Gasteiger charge is -2.31. The Morgan fingerprint density at radius 1 is 0.955 bits per heavy atom. The van der Waals surface area contributed by atoms with Gasteiger partial charge in [0.2, 0.25) is 17.7 Å². The van der Waals surface area contributed by atoms with E-state index >= 15 is 0 Å². The highest BCUT2D eigenvalue weighted by Crippen LogP contribution is 2.26. The number of benzene rings is 3. The van der Waals surface area contributed by atoms with Crippen LogP contribution in [0, 0.1) is 5.41 Å². The molecule has 0 spiro atoms. The van der Waals surface area contributed by atoms with Gasteiger partial charge in [-0.3, -0.25) is 14.4 Å². The number of amides is 3. The molecule has 2 atom stereocenters. The third kappa shape index (κ3) is 9.27. The molecule has 44 heavy (non-hydrogen) atoms. The number of methoxy groups -OCH3 is 1. The van der Waals surface area contributed by atoms with Crippen molar-refractivity contribution in [3.8, 4) is 5.75 Å². The molecule has 0 aliphatic carbocycles. The Labute approximate surface area is 260 Å². The molecule has 0 aromatic heterocycles. The average Bonchev–Trinajstić information content (AvgIpc) is 3.50. The van der Waals surface area contributed by atoms with E-state index in [0.717, 1.165) is 40.5 Å². The van der Waals surface area contributed by atoms with E-state index in [-0.39, 0.29) is 24.5 Å². The van der Waals surface area contributed by atoms with Gasteiger partial charge >= 0.3 is 0 Å². The van der Waals surface area contributed by atoms with Crippen LogP contribution in [0.15, 0.2) is 66.7 Å². The number of ether oxygens (including phenoxy) is 2. The highest BCUT2D eigenvalue weighted by atomic mass is 16.7. The van der Waals surface area contributed by atoms with E-state index in [0.29, 0.717) is 39.0 Å². The first-order chi connectivity index (χ1) is 21.2. The highest BCUT2D eigenvalue weighted by Gasteiger charge is 2.39. The molecule has 3 amide bonds. The third-order valence-corrected chi connectivity index (χ3v) is 7.75. The zero-order valence-corrected chi connectivity index (χ0v) is 26.4. The molecule has 9 heteroatoms. The molecule has 236 valence electrons. The lowest BCUT2D eigenvalue weighted by atomic mass is 9.94. The number of carbonyl (C=O) groups is 3. The van der Waals surface area contributed by atoms with Crippen LogP contribution < -0.4 is 20.7 Å². The molecule has 3 N–H and O–H groups in total. The van der Waals surface area contributed by atoms with Crippen LogP contribution in [0.2, 0.25) is 0 Å². The molecule has 3 aromatic rings. The molecule has 1 fully saturated rings. The number of hydrogen-bond donors (Lipinski definition) is 3. The van der Waals surface area contributed by atoms with Gasteiger partial charge in [-0.2, -0.15) is 0 Å². The highest BCUT2D eigenvalue weighted by molar-refractivity contribution is 5.93. The van der Waals surface area contributed by atoms with Crippen LogP contribution in [0.3, 0.4) is 0 Å². The Morgan fingerprint density at radius 2 is 1.75 bits per heavy atom. The minimum atomic E-state index is -0.765. The molecule has 1 saturated heterocycles. The molecule has 1 heterocycles. The molecule has 4 rings (SSSR count). The van der Waals surface area contributed by atoms with Crippen molar-refractivity contribution in [2.24, 2.45) is 5.41 Å². The van der Waals surface area contributed by atoms with Crippen molar-refractivity contribution in [2.75, 3.05) is 33.5 Å². The Kier molecular flexibility index (Phi) is 11.7. The summed E-state index contributed by atoms with van der Waals surface area (Å²) in [6, 6.07) is 20.6. The van der Waals surface area contributed by atoms with Crippen molar-refractivity contribution in [3.05, 3.63) is 77.9 Å². The van der Waals surface area contributed by atoms with E-state index in [1.165, 1.54) is 0 Å². The van der Waals surface area contributed by atoms with Gasteiger partial charge in [0.05, 0.1) is 0 Å². The summed E-state index contributed by atoms with van der Waals surface area (Å²) in [6.07, 6.45) is 2.42. The smallest absolute Gasteiger partial charge is 0.243 e. The quantitative estimate of drug-likeness (QED) is 0.189. The van der Waals surface area contributed by atoms with Crippen LogP contribution in [0.4, 0.5) is 0 Å². The van der Waals surface area contributed by atoms with Gasteiger partial charge < -0.3 is 30.3 Å². The topological polar surface area (TPSA) is 109 Å². The minimum absolute atomic E-state index is 0.0487. The van der Waals surface area contributed by atoms with E-state index in [4.69, 9.17) is 9.47 Å². The van der Waals surface area contributed by atoms with Crippen LogP contribution in [-0.2, 0) is 32.1 Å². The second kappa shape index (κ2) is 15.7. The second-order valence-electron chi connectivity index (χ2n) is 12.4. The zero-order valence-electron chi connectivity index (χ0n) is 26.4. The summed E-state index contributed by atoms with van der Waals surface area (Å²) in [5.41, 5.74) is 1.46. The molecule has 0 radical (unpaired) electrons. The minimum Gasteiger partial charge on any atom is -0.468 e. The van der Waals surface area contributed by atoms with Crippen molar-refractivity contribution >= 4 is 28.5 Å². The summed E-state index contributed by atoms with van der Waals surface area (Å²) in [5, 5.41) is 11.6. The Morgan fingerprint density at radius 3 is 2.52 bits per heavy atom. The summed E-state index contributed by atoms with van der Waals surface area (Å²) >= 11 is 0. The maximum absolute atomic E-state index is 13.5. The van der Waals surface area contributed by atoms with Crippen LogP contribution in [0.25, 0.3) is 10.8 Å². The molecular weight excluding hydrogens is 556 g/mol. The fourth-order valence-corrected chi connectivity index (χ4v) is 5.44. The number of rotatable bonds is 14. The van der Waals surface area contributed by atoms with Crippen LogP contribution >= 0.6 is 0 Å². The predicted octanol–water partition coefficient (Wildman–Crippen LogP) is 4.18. The normalized spacial score (nSPS) is 15.6. The molecule has 0 saturated carbocycles. The Balaban J connectivity index is 1.35. The van der Waals surface area contributed by atoms with Crippen molar-refractivity contribution in [3.63, 3.8) is 0 Å². The van der Waals surface area contributed by atoms with E-state index in [2.05, 4.69) is 22.0 Å². The molecule has 0 bridgehead atoms. The number of likely N-dealkylation sites (tertiary alicyclic amines) is 1. The van der Waals surface area contributed by atoms with Gasteiger partial charge in [0.1, 0.15) is 17.8 Å². The van der Waals surface area contributed by atoms with Gasteiger partial charge in [-0.25, -0.2) is 0 Å². The van der Waals surface area contributed by atoms with E-state index in [1.807, 2.05) is 81.4 Å². The number of nitrogens with one attached hydrogen (secondary N) is 3. The van der Waals surface area contributed by atoms with Gasteiger partial charge in [-0.15, -0.1) is 0 Å². The molecule has 9 nitrogen and oxygen atoms in total. The summed E-state index contributed by atoms with van der Waals surface area (Å²) in [5.74, 6) is 0.189. The van der Waals surface area contributed by atoms with Crippen molar-refractivity contribution < 1.29 is 23.9 Å². The first kappa shape index (κ1) is 33.0. The standard InChI is InChI=1S/C35H46N4O5/c1-35(2,3)34(42)39-19-8-14-31(39)33(41)38-30(22-25-15-16-27-11-5-6-12-28(27)20-25)32(40)37-18-9-17-36-23-26-10-7-13-29(21-26)44-24-43-4/h5-7,10-13,15-16,20-21,30-31,36H,8-9,14,17-19,22-24H2,1-4H3,(H,37,40)(H,38,41)/t30-,31?/m1/s1. The molecule has 3 aromatic carbocycles. The van der Waals surface area contributed by atoms with Gasteiger partial charge in [0.25, 0.3) is 0 Å². The Hall–Kier alpha value is -3.95. The summed E-state index contributed by atoms with van der Waals surface area (Å²) in [4.78, 5) is 41.7. The lowest BCUT2D eigenvalue weighted by Crippen LogP contribution is -2.55. The first-order valence-corrected chi connectivity index (χ1v) is 15.4. The van der Waals surface area contributed by atoms with Crippen LogP contribution in [0.5, 0.6) is 5.75 Å². The van der Waals surface area contributed by atoms with Crippen molar-refractivity contribution in [1.29, 1.82) is 0 Å². The van der Waals surface area contributed by atoms with E-state index in [9.17, 15) is 14.4 Å². The van der Waals surface area contributed by atoms with E-state index < -0.39 is 17.5 Å². The lowest BCUT2D eigenvalue weighted by molar-refractivity contribution is -0.145. The van der Waals surface area contributed by atoms with Crippen LogP contribution in [-0.4, -0.2) is 68.2 Å². The number of carbonyl (C=O) groups excluding carboxylic acids is 3. The predicted molar refractivity (Wildman–Crippen MR) is 172 cm³/mol. The maximum atomic E-state index is 13.5. The molecule has 1 unspecified atom stereocenters. The summed E-state index contributed by atoms with van der Waals surface area (Å²) < 4.78 is 10.5. The SMILES string of the molecule is COCOc1cccc(CNCCCNC(=O)[C@@H](Cc2ccc3ccccc3c2)NC(=O)C2CCCN2C(=O)C(C)(C)C)c1. The molecule has 1 aliphatic rings. The van der Waals surface area contributed by atoms with Crippen molar-refractivity contribution in [2.45, 2.75) is 65.1 Å². The molecule has 1 aliphatic heterocycles. The summed E-state index contributed by atoms with van der Waals surface area (Å²) in [6.45, 7) is 8.18. The summed E-state index contributed by atoms with van der Waals surface area (Å²) in [7, 11) is 1.59. The van der Waals surface area contributed by atoms with Gasteiger partial charge in [0.15, 0.2) is 6.79 Å². The monoisotopic (exact) mass is 602 g/mol. The maximum Gasteiger partial charge on any atom is 0.243 e. The molecular formula is C35H46N4O5. The first-order valence-electron chi connectivity index (χ1n) is 15.4. The van der Waals surface area contributed by atoms with Crippen molar-refractivity contribution in [1.82, 2.24) is 20.9 Å². The largest absolute Gasteiger partial charge is 0.468 e. The zero-order chi connectivity index (χ0) is 31.5. The third-order valence-electron chi connectivity index (χ3n) is 7.75. The Bertz CT molecular complexity index is 1420. The number of hydrogen-bond acceptors (Lipinski definition) is 6. The number of nitrogens with zero attached hydrogens (tertiary/aromatic N) is 1. The van der Waals surface area contributed by atoms with Crippen LogP contribution in [0.1, 0.15) is 51.2 Å². The fraction of sp³-hybridized carbons (Fsp3) is 0.457. The van der Waals surface area contributed by atoms with Gasteiger partial charge in [-0.05, 0) is 59.8 Å². The van der Waals surface area contributed by atoms with Gasteiger partial charge in [-0.1, -0.05) is 75.4 Å².